The van der Waals surface area contributed by atoms with Crippen LogP contribution in [0.4, 0.5) is 5.95 Å². The lowest BCUT2D eigenvalue weighted by Crippen LogP contribution is -2.36. The topological polar surface area (TPSA) is 83.0 Å². The van der Waals surface area contributed by atoms with Gasteiger partial charge in [-0.1, -0.05) is 0 Å². The van der Waals surface area contributed by atoms with Crippen molar-refractivity contribution in [1.82, 2.24) is 9.55 Å². The molecule has 0 spiro atoms. The molecule has 58 valence electrons. The molecule has 2 rings (SSSR count). The molecule has 0 aliphatic carbocycles. The molecule has 1 aliphatic heterocycles. The molecule has 1 aromatic rings. The molecule has 0 amide bonds. The summed E-state index contributed by atoms with van der Waals surface area (Å²) in [4.78, 5) is 3.73. The van der Waals surface area contributed by atoms with Crippen molar-refractivity contribution in [2.24, 2.45) is 10.2 Å². The van der Waals surface area contributed by atoms with Gasteiger partial charge in [-0.25, -0.2) is 4.98 Å². The summed E-state index contributed by atoms with van der Waals surface area (Å²) >= 11 is 0. The predicted molar refractivity (Wildman–Crippen MR) is 34.0 cm³/mol. The molecule has 1 aliphatic rings. The molecule has 11 heavy (non-hydrogen) atoms. The molecule has 0 saturated heterocycles. The van der Waals surface area contributed by atoms with E-state index in [4.69, 9.17) is 0 Å². The van der Waals surface area contributed by atoms with Crippen molar-refractivity contribution in [3.63, 3.8) is 0 Å². The highest BCUT2D eigenvalue weighted by Crippen LogP contribution is 2.22. The summed E-state index contributed by atoms with van der Waals surface area (Å²) in [6.07, 6.45) is 2.87. The number of azo groups is 1. The van der Waals surface area contributed by atoms with Crippen molar-refractivity contribution < 1.29 is 10.2 Å². The molecule has 0 fully saturated rings. The fraction of sp³-hybridized carbons (Fsp3) is 0.400. The van der Waals surface area contributed by atoms with E-state index in [-0.39, 0.29) is 12.5 Å². The second kappa shape index (κ2) is 1.86. The highest BCUT2D eigenvalue weighted by atomic mass is 16.5. The summed E-state index contributed by atoms with van der Waals surface area (Å²) < 4.78 is 1.15. The van der Waals surface area contributed by atoms with Crippen LogP contribution in [-0.2, 0) is 5.91 Å². The first-order valence-corrected chi connectivity index (χ1v) is 3.06. The van der Waals surface area contributed by atoms with E-state index in [0.29, 0.717) is 0 Å². The highest BCUT2D eigenvalue weighted by Gasteiger charge is 2.30. The van der Waals surface area contributed by atoms with Gasteiger partial charge in [-0.2, -0.15) is 5.11 Å². The molecule has 2 heterocycles. The SMILES string of the molecule is OC1(O)CN=Nc2nccn21. The fourth-order valence-electron chi connectivity index (χ4n) is 0.919. The molecule has 0 bridgehead atoms. The number of imidazole rings is 1. The minimum Gasteiger partial charge on any atom is -0.347 e. The smallest absolute Gasteiger partial charge is 0.275 e. The Kier molecular flexibility index (Phi) is 1.09. The van der Waals surface area contributed by atoms with Crippen molar-refractivity contribution in [2.45, 2.75) is 5.91 Å². The molecular formula is C5H6N4O2. The number of hydrogen-bond donors (Lipinski definition) is 2. The zero-order valence-electron chi connectivity index (χ0n) is 5.55. The van der Waals surface area contributed by atoms with E-state index in [9.17, 15) is 10.2 Å². The average Bonchev–Trinajstić information content (AvgIpc) is 2.34. The molecule has 1 aromatic heterocycles. The molecule has 0 saturated carbocycles. The first-order chi connectivity index (χ1) is 5.20. The van der Waals surface area contributed by atoms with Crippen LogP contribution in [0.5, 0.6) is 0 Å². The molecule has 0 unspecified atom stereocenters. The van der Waals surface area contributed by atoms with Gasteiger partial charge in [-0.3, -0.25) is 4.57 Å². The molecule has 0 radical (unpaired) electrons. The van der Waals surface area contributed by atoms with E-state index >= 15 is 0 Å². The second-order valence-electron chi connectivity index (χ2n) is 2.27. The summed E-state index contributed by atoms with van der Waals surface area (Å²) in [5.41, 5.74) is 0. The number of nitrogens with zero attached hydrogens (tertiary/aromatic N) is 4. The second-order valence-corrected chi connectivity index (χ2v) is 2.27. The first kappa shape index (κ1) is 6.44. The Hall–Kier alpha value is -1.27. The maximum Gasteiger partial charge on any atom is 0.275 e. The van der Waals surface area contributed by atoms with Crippen LogP contribution in [0.3, 0.4) is 0 Å². The van der Waals surface area contributed by atoms with E-state index in [1.165, 1.54) is 12.4 Å². The van der Waals surface area contributed by atoms with Gasteiger partial charge in [0.05, 0.1) is 0 Å². The Morgan fingerprint density at radius 2 is 2.36 bits per heavy atom. The van der Waals surface area contributed by atoms with Crippen LogP contribution in [0, 0.1) is 0 Å². The third kappa shape index (κ3) is 0.837. The van der Waals surface area contributed by atoms with E-state index < -0.39 is 5.91 Å². The van der Waals surface area contributed by atoms with Gasteiger partial charge in [-0.05, 0) is 0 Å². The monoisotopic (exact) mass is 154 g/mol. The largest absolute Gasteiger partial charge is 0.347 e. The van der Waals surface area contributed by atoms with Gasteiger partial charge in [0, 0.05) is 12.4 Å². The molecule has 2 N–H and O–H groups in total. The van der Waals surface area contributed by atoms with Crippen molar-refractivity contribution >= 4 is 5.95 Å². The van der Waals surface area contributed by atoms with E-state index in [0.717, 1.165) is 4.57 Å². The number of aromatic nitrogens is 2. The van der Waals surface area contributed by atoms with Gasteiger partial charge in [0.25, 0.3) is 11.9 Å². The van der Waals surface area contributed by atoms with Crippen LogP contribution >= 0.6 is 0 Å². The van der Waals surface area contributed by atoms with Crippen LogP contribution in [0.15, 0.2) is 22.6 Å². The summed E-state index contributed by atoms with van der Waals surface area (Å²) in [5.74, 6) is -1.76. The fourth-order valence-corrected chi connectivity index (χ4v) is 0.919. The summed E-state index contributed by atoms with van der Waals surface area (Å²) in [6.45, 7) is -0.156. The Morgan fingerprint density at radius 1 is 1.55 bits per heavy atom. The number of aliphatic hydroxyl groups is 2. The zero-order valence-corrected chi connectivity index (χ0v) is 5.55. The quantitative estimate of drug-likeness (QED) is 0.497. The minimum atomic E-state index is -1.96. The Bertz CT molecular complexity index is 303. The van der Waals surface area contributed by atoms with E-state index in [2.05, 4.69) is 15.2 Å². The molecule has 0 atom stereocenters. The first-order valence-electron chi connectivity index (χ1n) is 3.06. The van der Waals surface area contributed by atoms with Crippen LogP contribution in [0.1, 0.15) is 0 Å². The van der Waals surface area contributed by atoms with Crippen LogP contribution in [-0.4, -0.2) is 26.3 Å². The van der Waals surface area contributed by atoms with Gasteiger partial charge in [0.2, 0.25) is 0 Å². The Morgan fingerprint density at radius 3 is 3.09 bits per heavy atom. The van der Waals surface area contributed by atoms with E-state index in [1.54, 1.807) is 0 Å². The molecular weight excluding hydrogens is 148 g/mol. The lowest BCUT2D eigenvalue weighted by Gasteiger charge is -2.23. The van der Waals surface area contributed by atoms with Crippen molar-refractivity contribution in [2.75, 3.05) is 6.54 Å². The predicted octanol–water partition coefficient (Wildman–Crippen LogP) is -0.425. The highest BCUT2D eigenvalue weighted by molar-refractivity contribution is 5.18. The normalized spacial score (nSPS) is 19.8. The maximum absolute atomic E-state index is 9.24. The van der Waals surface area contributed by atoms with Gasteiger partial charge < -0.3 is 10.2 Å². The Balaban J connectivity index is 2.58. The van der Waals surface area contributed by atoms with E-state index in [1.807, 2.05) is 0 Å². The Labute approximate surface area is 61.8 Å². The summed E-state index contributed by atoms with van der Waals surface area (Å²) in [7, 11) is 0. The minimum absolute atomic E-state index is 0.156. The number of rotatable bonds is 0. The van der Waals surface area contributed by atoms with Crippen LogP contribution < -0.4 is 0 Å². The lowest BCUT2D eigenvalue weighted by molar-refractivity contribution is -0.221. The lowest BCUT2D eigenvalue weighted by atomic mass is 10.4. The maximum atomic E-state index is 9.24. The third-order valence-corrected chi connectivity index (χ3v) is 1.45. The van der Waals surface area contributed by atoms with Gasteiger partial charge >= 0.3 is 0 Å². The van der Waals surface area contributed by atoms with Gasteiger partial charge in [0.15, 0.2) is 0 Å². The van der Waals surface area contributed by atoms with Gasteiger partial charge in [-0.15, -0.1) is 5.11 Å². The number of fused-ring (bicyclic) bond motifs is 1. The van der Waals surface area contributed by atoms with Crippen LogP contribution in [0.25, 0.3) is 0 Å². The number of hydrogen-bond acceptors (Lipinski definition) is 5. The summed E-state index contributed by atoms with van der Waals surface area (Å²) in [5, 5.41) is 25.6. The van der Waals surface area contributed by atoms with Gasteiger partial charge in [0.1, 0.15) is 6.54 Å². The standard InChI is InChI=1S/C5H6N4O2/c10-5(11)3-7-8-4-6-1-2-9(4)5/h1-2,10-11H,3H2. The third-order valence-electron chi connectivity index (χ3n) is 1.45. The van der Waals surface area contributed by atoms with Crippen LogP contribution in [0.2, 0.25) is 0 Å². The molecule has 6 nitrogen and oxygen atoms in total. The molecule has 6 heteroatoms. The van der Waals surface area contributed by atoms with Crippen molar-refractivity contribution in [3.8, 4) is 0 Å². The average molecular weight is 154 g/mol. The summed E-state index contributed by atoms with van der Waals surface area (Å²) in [6, 6.07) is 0. The molecule has 0 aromatic carbocycles. The zero-order chi connectivity index (χ0) is 7.90. The van der Waals surface area contributed by atoms with Crippen molar-refractivity contribution in [3.05, 3.63) is 12.4 Å². The van der Waals surface area contributed by atoms with Crippen molar-refractivity contribution in [1.29, 1.82) is 0 Å².